The van der Waals surface area contributed by atoms with Crippen LogP contribution >= 0.6 is 11.3 Å². The van der Waals surface area contributed by atoms with Crippen LogP contribution in [0, 0.1) is 0 Å². The maximum absolute atomic E-state index is 12.1. The van der Waals surface area contributed by atoms with E-state index in [2.05, 4.69) is 243 Å². The number of nitrogens with zero attached hydrogens (tertiary/aromatic N) is 2. The van der Waals surface area contributed by atoms with Crippen molar-refractivity contribution >= 4 is 60.9 Å². The number of hydrogen-bond acceptors (Lipinski definition) is 6. The lowest BCUT2D eigenvalue weighted by Gasteiger charge is -2.34. The molecule has 0 atom stereocenters. The van der Waals surface area contributed by atoms with Gasteiger partial charge >= 0.3 is 5.97 Å². The summed E-state index contributed by atoms with van der Waals surface area (Å²) in [5.41, 5.74) is 22.4. The summed E-state index contributed by atoms with van der Waals surface area (Å²) in [7, 11) is 0. The van der Waals surface area contributed by atoms with E-state index in [0.717, 1.165) is 109 Å². The predicted molar refractivity (Wildman–Crippen MR) is 360 cm³/mol. The van der Waals surface area contributed by atoms with Crippen molar-refractivity contribution in [2.75, 3.05) is 0 Å². The topological polar surface area (TPSA) is 104 Å². The van der Waals surface area contributed by atoms with Crippen molar-refractivity contribution in [2.24, 2.45) is 0 Å². The molecule has 2 heterocycles. The quantitative estimate of drug-likeness (QED) is 0.0931. The zero-order chi connectivity index (χ0) is 59.5. The lowest BCUT2D eigenvalue weighted by molar-refractivity contribution is -0.0424. The van der Waals surface area contributed by atoms with E-state index in [9.17, 15) is 20.1 Å². The summed E-state index contributed by atoms with van der Waals surface area (Å²) in [5, 5.41) is 33.9. The number of thiophene rings is 1. The first-order chi connectivity index (χ1) is 43.8. The van der Waals surface area contributed by atoms with Gasteiger partial charge in [0.15, 0.2) is 6.29 Å². The van der Waals surface area contributed by atoms with Gasteiger partial charge in [-0.15, -0.1) is 11.3 Å². The molecule has 0 amide bonds. The van der Waals surface area contributed by atoms with Crippen LogP contribution in [0.25, 0.3) is 109 Å². The number of aliphatic hydroxyl groups excluding tert-OH is 1. The van der Waals surface area contributed by atoms with Gasteiger partial charge in [0, 0.05) is 27.5 Å². The summed E-state index contributed by atoms with van der Waals surface area (Å²) in [6, 6.07) is 103. The third-order valence-corrected chi connectivity index (χ3v) is 20.1. The molecule has 17 rings (SSSR count). The molecule has 0 spiro atoms. The molecule has 15 aromatic rings. The highest BCUT2D eigenvalue weighted by molar-refractivity contribution is 7.21. The summed E-state index contributed by atoms with van der Waals surface area (Å²) in [6.45, 7) is 0. The van der Waals surface area contributed by atoms with Crippen LogP contribution in [0.3, 0.4) is 0 Å². The number of hydrogen-bond donors (Lipinski definition) is 3. The van der Waals surface area contributed by atoms with Gasteiger partial charge < -0.3 is 15.3 Å². The minimum absolute atomic E-state index is 0.219. The number of aromatic nitrogens is 2. The minimum Gasteiger partial charge on any atom is -0.478 e. The standard InChI is InChI=1S/C82H52N2O4S/c85-79(86)51-39-35-49(36-40-51)53-43-45-59-60-46-44-54(50-37-41-52(42-38-50)80(87)88)48-66(60)74-73(65(59)47-53)83-75-76(84-74)78(64-30-18-34-70-72(64)62-28-14-16-32-68(62)82(70,57-23-9-3-10-24-57)58-25-11-4-12-26-58)89-77(75)63-29-17-33-69-71(63)61-27-13-15-31-67(61)81(69,55-19-5-1-6-20-55)56-21-7-2-8-22-56/h1-48,79,85-86H,(H,87,88). The first-order valence-electron chi connectivity index (χ1n) is 29.9. The monoisotopic (exact) mass is 1160 g/mol. The van der Waals surface area contributed by atoms with Crippen LogP contribution in [0.5, 0.6) is 0 Å². The number of rotatable bonds is 10. The second-order valence-corrected chi connectivity index (χ2v) is 24.3. The highest BCUT2D eigenvalue weighted by atomic mass is 32.1. The Labute approximate surface area is 517 Å². The highest BCUT2D eigenvalue weighted by Gasteiger charge is 2.49. The van der Waals surface area contributed by atoms with Gasteiger partial charge in [0.1, 0.15) is 11.0 Å². The van der Waals surface area contributed by atoms with E-state index >= 15 is 0 Å². The van der Waals surface area contributed by atoms with Crippen molar-refractivity contribution in [3.63, 3.8) is 0 Å². The molecule has 2 aliphatic carbocycles. The largest absolute Gasteiger partial charge is 0.478 e. The van der Waals surface area contributed by atoms with Crippen molar-refractivity contribution in [1.29, 1.82) is 0 Å². The van der Waals surface area contributed by atoms with Crippen molar-refractivity contribution in [3.05, 3.63) is 347 Å². The summed E-state index contributed by atoms with van der Waals surface area (Å²) in [4.78, 5) is 26.3. The Bertz CT molecular complexity index is 5280. The van der Waals surface area contributed by atoms with E-state index in [-0.39, 0.29) is 5.56 Å². The molecule has 2 aromatic heterocycles. The molecule has 0 aliphatic heterocycles. The van der Waals surface area contributed by atoms with E-state index in [4.69, 9.17) is 9.97 Å². The van der Waals surface area contributed by atoms with Crippen LogP contribution in [-0.4, -0.2) is 31.3 Å². The van der Waals surface area contributed by atoms with Gasteiger partial charge in [-0.25, -0.2) is 14.8 Å². The molecule has 6 nitrogen and oxygen atoms in total. The Kier molecular flexibility index (Phi) is 12.0. The Hall–Kier alpha value is -10.9. The number of aliphatic hydroxyl groups is 2. The molecule has 0 saturated heterocycles. The molecule has 0 fully saturated rings. The van der Waals surface area contributed by atoms with Crippen molar-refractivity contribution in [1.82, 2.24) is 9.97 Å². The third kappa shape index (κ3) is 7.73. The molecule has 0 unspecified atom stereocenters. The number of carbonyl (C=O) groups is 1. The molecular weight excluding hydrogens is 1110 g/mol. The van der Waals surface area contributed by atoms with Crippen LogP contribution in [0.4, 0.5) is 0 Å². The fraction of sp³-hybridized carbons (Fsp3) is 0.0366. The van der Waals surface area contributed by atoms with Gasteiger partial charge in [0.25, 0.3) is 0 Å². The van der Waals surface area contributed by atoms with E-state index in [1.54, 1.807) is 35.6 Å². The maximum Gasteiger partial charge on any atom is 0.335 e. The molecule has 0 radical (unpaired) electrons. The smallest absolute Gasteiger partial charge is 0.335 e. The zero-order valence-electron chi connectivity index (χ0n) is 47.8. The van der Waals surface area contributed by atoms with Crippen LogP contribution < -0.4 is 0 Å². The molecular formula is C82H52N2O4S. The van der Waals surface area contributed by atoms with Gasteiger partial charge in [0.2, 0.25) is 0 Å². The first-order valence-corrected chi connectivity index (χ1v) is 30.8. The number of carboxylic acids is 1. The van der Waals surface area contributed by atoms with E-state index in [1.165, 1.54) is 44.5 Å². The van der Waals surface area contributed by atoms with Gasteiger partial charge in [0.05, 0.1) is 37.2 Å². The van der Waals surface area contributed by atoms with Crippen molar-refractivity contribution in [3.8, 4) is 65.4 Å². The van der Waals surface area contributed by atoms with E-state index in [1.807, 2.05) is 24.3 Å². The second-order valence-electron chi connectivity index (χ2n) is 23.3. The van der Waals surface area contributed by atoms with Crippen LogP contribution in [0.1, 0.15) is 66.7 Å². The maximum atomic E-state index is 12.1. The summed E-state index contributed by atoms with van der Waals surface area (Å²) in [6.07, 6.45) is -1.59. The Balaban J connectivity index is 1.02. The van der Waals surface area contributed by atoms with Gasteiger partial charge in [-0.3, -0.25) is 0 Å². The Morgan fingerprint density at radius 2 is 0.685 bits per heavy atom. The molecule has 0 saturated carbocycles. The van der Waals surface area contributed by atoms with Crippen molar-refractivity contribution < 1.29 is 20.1 Å². The SMILES string of the molecule is O=C(O)c1ccc(-c2ccc3c4ccc(-c5ccc(C(O)O)cc5)cc4c4nc5c(-c6cccc7c6-c6ccccc6C7(c6ccccc6)c6ccccc6)sc(-c6cccc7c6-c6ccccc6C7(c6ccccc6)c6ccccc6)c5nc4c3c2)cc1. The fourth-order valence-corrected chi connectivity index (χ4v) is 16.3. The van der Waals surface area contributed by atoms with Crippen LogP contribution in [0.2, 0.25) is 0 Å². The third-order valence-electron chi connectivity index (χ3n) is 18.8. The molecule has 89 heavy (non-hydrogen) atoms. The van der Waals surface area contributed by atoms with E-state index in [0.29, 0.717) is 5.56 Å². The summed E-state index contributed by atoms with van der Waals surface area (Å²) >= 11 is 1.76. The highest BCUT2D eigenvalue weighted by Crippen LogP contribution is 2.62. The second kappa shape index (κ2) is 20.3. The first kappa shape index (κ1) is 52.4. The Morgan fingerprint density at radius 1 is 0.337 bits per heavy atom. The zero-order valence-corrected chi connectivity index (χ0v) is 48.7. The number of carboxylic acid groups (broad SMARTS) is 1. The average molecular weight is 1160 g/mol. The predicted octanol–water partition coefficient (Wildman–Crippen LogP) is 19.2. The van der Waals surface area contributed by atoms with Gasteiger partial charge in [-0.1, -0.05) is 267 Å². The minimum atomic E-state index is -1.59. The molecule has 7 heteroatoms. The lowest BCUT2D eigenvalue weighted by Crippen LogP contribution is -2.28. The summed E-state index contributed by atoms with van der Waals surface area (Å²) in [5.74, 6) is -0.978. The molecule has 3 N–H and O–H groups in total. The van der Waals surface area contributed by atoms with E-state index < -0.39 is 23.1 Å². The fourth-order valence-electron chi connectivity index (χ4n) is 15.0. The van der Waals surface area contributed by atoms with Crippen molar-refractivity contribution in [2.45, 2.75) is 17.1 Å². The van der Waals surface area contributed by atoms with Crippen LogP contribution in [0.15, 0.2) is 291 Å². The van der Waals surface area contributed by atoms with Gasteiger partial charge in [-0.2, -0.15) is 0 Å². The molecule has 420 valence electrons. The molecule has 0 bridgehead atoms. The molecule has 2 aliphatic rings. The lowest BCUT2D eigenvalue weighted by atomic mass is 9.67. The number of fused-ring (bicyclic) bond motifs is 13. The number of benzene rings is 13. The average Bonchev–Trinajstić information content (AvgIpc) is 1.56. The number of aromatic carboxylic acids is 1. The Morgan fingerprint density at radius 3 is 1.08 bits per heavy atom. The van der Waals surface area contributed by atoms with Gasteiger partial charge in [-0.05, 0) is 124 Å². The molecule has 13 aromatic carbocycles. The summed E-state index contributed by atoms with van der Waals surface area (Å²) < 4.78 is 0. The van der Waals surface area contributed by atoms with Crippen LogP contribution in [-0.2, 0) is 10.8 Å². The normalized spacial score (nSPS) is 13.4.